The summed E-state index contributed by atoms with van der Waals surface area (Å²) in [6, 6.07) is 9.47. The lowest BCUT2D eigenvalue weighted by atomic mass is 10.1. The Morgan fingerprint density at radius 2 is 1.93 bits per heavy atom. The molecule has 3 rings (SSSR count). The molecule has 0 saturated heterocycles. The lowest BCUT2D eigenvalue weighted by Gasteiger charge is -2.14. The molecule has 140 valence electrons. The van der Waals surface area contributed by atoms with E-state index in [0.29, 0.717) is 5.82 Å². The SMILES string of the molecule is CCc1c(C)nc(-c2cc(C)c(Br)s2)nc1Nc1ccc(CC(=O)O)cc1. The van der Waals surface area contributed by atoms with Crippen molar-refractivity contribution in [3.8, 4) is 10.7 Å². The monoisotopic (exact) mass is 445 g/mol. The lowest BCUT2D eigenvalue weighted by Crippen LogP contribution is -2.05. The first kappa shape index (κ1) is 19.5. The normalized spacial score (nSPS) is 10.8. The molecule has 5 nitrogen and oxygen atoms in total. The smallest absolute Gasteiger partial charge is 0.307 e. The van der Waals surface area contributed by atoms with Crippen molar-refractivity contribution in [1.82, 2.24) is 9.97 Å². The molecule has 0 aliphatic carbocycles. The van der Waals surface area contributed by atoms with E-state index < -0.39 is 5.97 Å². The Balaban J connectivity index is 1.94. The van der Waals surface area contributed by atoms with Gasteiger partial charge in [0.05, 0.1) is 15.1 Å². The number of nitrogens with zero attached hydrogens (tertiary/aromatic N) is 2. The third kappa shape index (κ3) is 4.54. The second kappa shape index (κ2) is 8.19. The first-order chi connectivity index (χ1) is 12.9. The molecule has 0 fully saturated rings. The molecule has 2 aromatic heterocycles. The molecule has 0 atom stereocenters. The fraction of sp³-hybridized carbons (Fsp3) is 0.250. The molecule has 0 aliphatic heterocycles. The number of carbonyl (C=O) groups is 1. The maximum Gasteiger partial charge on any atom is 0.307 e. The molecule has 27 heavy (non-hydrogen) atoms. The number of thiophene rings is 1. The van der Waals surface area contributed by atoms with E-state index in [1.807, 2.05) is 31.2 Å². The summed E-state index contributed by atoms with van der Waals surface area (Å²) in [7, 11) is 0. The van der Waals surface area contributed by atoms with E-state index in [-0.39, 0.29) is 6.42 Å². The molecule has 0 amide bonds. The highest BCUT2D eigenvalue weighted by Gasteiger charge is 2.14. The maximum atomic E-state index is 10.8. The molecule has 7 heteroatoms. The van der Waals surface area contributed by atoms with Crippen LogP contribution in [-0.2, 0) is 17.6 Å². The van der Waals surface area contributed by atoms with Crippen molar-refractivity contribution in [2.24, 2.45) is 0 Å². The van der Waals surface area contributed by atoms with Gasteiger partial charge >= 0.3 is 5.97 Å². The Morgan fingerprint density at radius 1 is 1.22 bits per heavy atom. The Morgan fingerprint density at radius 3 is 2.48 bits per heavy atom. The van der Waals surface area contributed by atoms with E-state index in [9.17, 15) is 4.79 Å². The lowest BCUT2D eigenvalue weighted by molar-refractivity contribution is -0.136. The van der Waals surface area contributed by atoms with Gasteiger partial charge in [0.2, 0.25) is 0 Å². The highest BCUT2D eigenvalue weighted by molar-refractivity contribution is 9.11. The summed E-state index contributed by atoms with van der Waals surface area (Å²) in [6.07, 6.45) is 0.836. The van der Waals surface area contributed by atoms with E-state index in [1.165, 1.54) is 5.56 Å². The predicted octanol–water partition coefficient (Wildman–Crippen LogP) is 5.52. The molecule has 3 aromatic rings. The number of anilines is 2. The van der Waals surface area contributed by atoms with Gasteiger partial charge in [-0.3, -0.25) is 4.79 Å². The second-order valence-electron chi connectivity index (χ2n) is 6.27. The molecular formula is C20H20BrN3O2S. The van der Waals surface area contributed by atoms with Crippen molar-refractivity contribution >= 4 is 44.7 Å². The summed E-state index contributed by atoms with van der Waals surface area (Å²) in [5.41, 5.74) is 4.82. The Labute approximate surface area is 170 Å². The van der Waals surface area contributed by atoms with Crippen molar-refractivity contribution in [3.63, 3.8) is 0 Å². The molecule has 0 saturated carbocycles. The molecular weight excluding hydrogens is 426 g/mol. The first-order valence-corrected chi connectivity index (χ1v) is 10.2. The molecule has 0 radical (unpaired) electrons. The third-order valence-electron chi connectivity index (χ3n) is 4.22. The van der Waals surface area contributed by atoms with Gasteiger partial charge < -0.3 is 10.4 Å². The third-order valence-corrected chi connectivity index (χ3v) is 6.35. The zero-order valence-corrected chi connectivity index (χ0v) is 17.7. The van der Waals surface area contributed by atoms with Crippen LogP contribution in [0.5, 0.6) is 0 Å². The summed E-state index contributed by atoms with van der Waals surface area (Å²) in [4.78, 5) is 21.3. The number of aliphatic carboxylic acids is 1. The minimum atomic E-state index is -0.836. The van der Waals surface area contributed by atoms with E-state index >= 15 is 0 Å². The summed E-state index contributed by atoms with van der Waals surface area (Å²) < 4.78 is 1.09. The van der Waals surface area contributed by atoms with Gasteiger partial charge in [0.25, 0.3) is 0 Å². The largest absolute Gasteiger partial charge is 0.481 e. The number of carboxylic acids is 1. The molecule has 0 bridgehead atoms. The van der Waals surface area contributed by atoms with Crippen LogP contribution >= 0.6 is 27.3 Å². The van der Waals surface area contributed by atoms with E-state index in [0.717, 1.165) is 43.4 Å². The van der Waals surface area contributed by atoms with Crippen molar-refractivity contribution in [1.29, 1.82) is 0 Å². The fourth-order valence-corrected chi connectivity index (χ4v) is 4.29. The van der Waals surface area contributed by atoms with Crippen molar-refractivity contribution < 1.29 is 9.90 Å². The van der Waals surface area contributed by atoms with E-state index in [2.05, 4.69) is 41.2 Å². The van der Waals surface area contributed by atoms with Crippen LogP contribution in [0.1, 0.15) is 29.3 Å². The zero-order valence-electron chi connectivity index (χ0n) is 15.3. The number of hydrogen-bond acceptors (Lipinski definition) is 5. The summed E-state index contributed by atoms with van der Waals surface area (Å²) in [5.74, 6) is 0.652. The molecule has 0 aliphatic rings. The fourth-order valence-electron chi connectivity index (χ4n) is 2.82. The minimum Gasteiger partial charge on any atom is -0.481 e. The molecule has 2 N–H and O–H groups in total. The van der Waals surface area contributed by atoms with Gasteiger partial charge in [-0.2, -0.15) is 0 Å². The maximum absolute atomic E-state index is 10.8. The Kier molecular flexibility index (Phi) is 5.92. The van der Waals surface area contributed by atoms with Crippen LogP contribution in [0.2, 0.25) is 0 Å². The van der Waals surface area contributed by atoms with Gasteiger partial charge in [-0.15, -0.1) is 11.3 Å². The Hall–Kier alpha value is -2.25. The highest BCUT2D eigenvalue weighted by atomic mass is 79.9. The number of nitrogens with one attached hydrogen (secondary N) is 1. The van der Waals surface area contributed by atoms with Crippen LogP contribution in [0.3, 0.4) is 0 Å². The quantitative estimate of drug-likeness (QED) is 0.522. The van der Waals surface area contributed by atoms with Crippen LogP contribution in [0.15, 0.2) is 34.1 Å². The van der Waals surface area contributed by atoms with Crippen LogP contribution in [0, 0.1) is 13.8 Å². The van der Waals surface area contributed by atoms with Gasteiger partial charge in [0.1, 0.15) is 5.82 Å². The van der Waals surface area contributed by atoms with Gasteiger partial charge in [-0.1, -0.05) is 19.1 Å². The average molecular weight is 446 g/mol. The van der Waals surface area contributed by atoms with Gasteiger partial charge in [-0.05, 0) is 65.5 Å². The van der Waals surface area contributed by atoms with Crippen LogP contribution in [0.4, 0.5) is 11.5 Å². The van der Waals surface area contributed by atoms with E-state index in [1.54, 1.807) is 11.3 Å². The van der Waals surface area contributed by atoms with Crippen molar-refractivity contribution in [2.45, 2.75) is 33.6 Å². The molecule has 0 spiro atoms. The number of halogens is 1. The molecule has 2 heterocycles. The topological polar surface area (TPSA) is 75.1 Å². The average Bonchev–Trinajstić information content (AvgIpc) is 2.95. The first-order valence-electron chi connectivity index (χ1n) is 8.59. The summed E-state index contributed by atoms with van der Waals surface area (Å²) in [6.45, 7) is 6.13. The van der Waals surface area contributed by atoms with E-state index in [4.69, 9.17) is 15.1 Å². The number of carboxylic acid groups (broad SMARTS) is 1. The van der Waals surface area contributed by atoms with Crippen molar-refractivity contribution in [2.75, 3.05) is 5.32 Å². The zero-order chi connectivity index (χ0) is 19.6. The number of aromatic nitrogens is 2. The van der Waals surface area contributed by atoms with Gasteiger partial charge in [-0.25, -0.2) is 9.97 Å². The molecule has 0 unspecified atom stereocenters. The van der Waals surface area contributed by atoms with Crippen LogP contribution < -0.4 is 5.32 Å². The predicted molar refractivity (Wildman–Crippen MR) is 113 cm³/mol. The number of benzene rings is 1. The standard InChI is InChI=1S/C20H20BrN3O2S/c1-4-15-12(3)22-20(16-9-11(2)18(21)27-16)24-19(15)23-14-7-5-13(6-8-14)10-17(25)26/h5-9H,4,10H2,1-3H3,(H,25,26)(H,22,23,24). The highest BCUT2D eigenvalue weighted by Crippen LogP contribution is 2.34. The second-order valence-corrected chi connectivity index (χ2v) is 8.64. The minimum absolute atomic E-state index is 0.0177. The number of hydrogen-bond donors (Lipinski definition) is 2. The molecule has 1 aromatic carbocycles. The van der Waals surface area contributed by atoms with Crippen LogP contribution in [-0.4, -0.2) is 21.0 Å². The summed E-state index contributed by atoms with van der Waals surface area (Å²) in [5, 5.41) is 12.3. The summed E-state index contributed by atoms with van der Waals surface area (Å²) >= 11 is 5.18. The number of rotatable bonds is 6. The Bertz CT molecular complexity index is 964. The van der Waals surface area contributed by atoms with Gasteiger partial charge in [0.15, 0.2) is 5.82 Å². The number of aryl methyl sites for hydroxylation is 2. The van der Waals surface area contributed by atoms with Gasteiger partial charge in [0, 0.05) is 16.9 Å². The van der Waals surface area contributed by atoms with Crippen molar-refractivity contribution in [3.05, 3.63) is 56.5 Å². The van der Waals surface area contributed by atoms with Crippen LogP contribution in [0.25, 0.3) is 10.7 Å².